The number of nitrogens with zero attached hydrogens (tertiary/aromatic N) is 3. The van der Waals surface area contributed by atoms with Crippen LogP contribution in [0, 0.1) is 18.3 Å². The number of carbonyl (C=O) groups excluding carboxylic acids is 2. The van der Waals surface area contributed by atoms with Crippen LogP contribution >= 0.6 is 0 Å². The second-order valence-electron chi connectivity index (χ2n) is 8.14. The van der Waals surface area contributed by atoms with Crippen molar-refractivity contribution in [2.45, 2.75) is 13.8 Å². The molecule has 1 aliphatic rings. The molecule has 0 spiro atoms. The Morgan fingerprint density at radius 1 is 1.08 bits per heavy atom. The van der Waals surface area contributed by atoms with Crippen molar-refractivity contribution in [2.24, 2.45) is 5.10 Å². The monoisotopic (exact) mass is 480 g/mol. The van der Waals surface area contributed by atoms with Crippen LogP contribution in [-0.4, -0.2) is 31.2 Å². The van der Waals surface area contributed by atoms with Crippen LogP contribution in [0.4, 0.5) is 11.4 Å². The van der Waals surface area contributed by atoms with Crippen molar-refractivity contribution in [2.75, 3.05) is 24.0 Å². The maximum atomic E-state index is 13.0. The van der Waals surface area contributed by atoms with Gasteiger partial charge in [-0.2, -0.15) is 15.4 Å². The first-order valence-corrected chi connectivity index (χ1v) is 11.2. The molecule has 0 fully saturated rings. The third kappa shape index (κ3) is 5.42. The highest BCUT2D eigenvalue weighted by atomic mass is 16.5. The largest absolute Gasteiger partial charge is 0.493 e. The van der Waals surface area contributed by atoms with E-state index in [1.54, 1.807) is 55.5 Å². The van der Waals surface area contributed by atoms with Gasteiger partial charge in [0.05, 0.1) is 35.7 Å². The van der Waals surface area contributed by atoms with E-state index in [0.717, 1.165) is 5.56 Å². The number of hydrogen-bond acceptors (Lipinski definition) is 6. The molecule has 0 saturated heterocycles. The third-order valence-corrected chi connectivity index (χ3v) is 5.46. The highest BCUT2D eigenvalue weighted by Crippen LogP contribution is 2.31. The molecule has 1 N–H and O–H groups in total. The van der Waals surface area contributed by atoms with E-state index < -0.39 is 0 Å². The minimum atomic E-state index is -0.292. The van der Waals surface area contributed by atoms with Crippen molar-refractivity contribution in [3.8, 4) is 17.6 Å². The molecule has 0 unspecified atom stereocenters. The van der Waals surface area contributed by atoms with Gasteiger partial charge in [-0.3, -0.25) is 9.59 Å². The van der Waals surface area contributed by atoms with E-state index in [0.29, 0.717) is 45.3 Å². The summed E-state index contributed by atoms with van der Waals surface area (Å²) >= 11 is 0. The van der Waals surface area contributed by atoms with Gasteiger partial charge >= 0.3 is 0 Å². The average molecular weight is 481 g/mol. The van der Waals surface area contributed by atoms with Crippen molar-refractivity contribution in [1.29, 1.82) is 5.26 Å². The van der Waals surface area contributed by atoms with Crippen molar-refractivity contribution in [1.82, 2.24) is 0 Å². The first kappa shape index (κ1) is 24.2. The van der Waals surface area contributed by atoms with Crippen molar-refractivity contribution in [3.05, 3.63) is 89.0 Å². The van der Waals surface area contributed by atoms with E-state index in [1.807, 2.05) is 31.2 Å². The zero-order chi connectivity index (χ0) is 25.7. The van der Waals surface area contributed by atoms with E-state index in [-0.39, 0.29) is 18.4 Å². The molecule has 0 aromatic heterocycles. The number of rotatable bonds is 7. The van der Waals surface area contributed by atoms with Crippen molar-refractivity contribution >= 4 is 35.0 Å². The van der Waals surface area contributed by atoms with Crippen molar-refractivity contribution in [3.63, 3.8) is 0 Å². The van der Waals surface area contributed by atoms with Crippen LogP contribution in [0.5, 0.6) is 11.5 Å². The lowest BCUT2D eigenvalue weighted by Crippen LogP contribution is -2.21. The minimum absolute atomic E-state index is 0.186. The molecule has 0 atom stereocenters. The summed E-state index contributed by atoms with van der Waals surface area (Å²) in [6.45, 7) is 3.52. The first-order valence-electron chi connectivity index (χ1n) is 11.2. The number of methoxy groups -OCH3 is 1. The molecule has 36 heavy (non-hydrogen) atoms. The normalized spacial score (nSPS) is 13.8. The smallest absolute Gasteiger partial charge is 0.280 e. The molecule has 1 heterocycles. The molecule has 3 aromatic rings. The Kier molecular flexibility index (Phi) is 7.12. The number of benzene rings is 3. The van der Waals surface area contributed by atoms with Gasteiger partial charge in [-0.15, -0.1) is 0 Å². The number of ether oxygens (including phenoxy) is 2. The van der Waals surface area contributed by atoms with Gasteiger partial charge in [0.2, 0.25) is 0 Å². The predicted molar refractivity (Wildman–Crippen MR) is 138 cm³/mol. The summed E-state index contributed by atoms with van der Waals surface area (Å²) in [5.74, 6) is 0.266. The maximum Gasteiger partial charge on any atom is 0.280 e. The average Bonchev–Trinajstić information content (AvgIpc) is 3.16. The molecule has 2 amide bonds. The summed E-state index contributed by atoms with van der Waals surface area (Å²) in [4.78, 5) is 25.3. The van der Waals surface area contributed by atoms with Gasteiger partial charge in [0, 0.05) is 5.69 Å². The molecule has 4 rings (SSSR count). The molecule has 0 aliphatic carbocycles. The van der Waals surface area contributed by atoms with Crippen LogP contribution in [0.1, 0.15) is 23.6 Å². The van der Waals surface area contributed by atoms with E-state index in [9.17, 15) is 9.59 Å². The maximum absolute atomic E-state index is 13.0. The Bertz CT molecular complexity index is 1420. The zero-order valence-electron chi connectivity index (χ0n) is 20.1. The van der Waals surface area contributed by atoms with E-state index in [1.165, 1.54) is 12.1 Å². The predicted octanol–water partition coefficient (Wildman–Crippen LogP) is 4.70. The lowest BCUT2D eigenvalue weighted by molar-refractivity contribution is -0.118. The summed E-state index contributed by atoms with van der Waals surface area (Å²) in [5, 5.41) is 17.5. The van der Waals surface area contributed by atoms with E-state index in [2.05, 4.69) is 16.5 Å². The fraction of sp³-hybridized carbons (Fsp3) is 0.143. The third-order valence-electron chi connectivity index (χ3n) is 5.46. The summed E-state index contributed by atoms with van der Waals surface area (Å²) in [5.41, 5.74) is 4.54. The minimum Gasteiger partial charge on any atom is -0.493 e. The Morgan fingerprint density at radius 2 is 1.86 bits per heavy atom. The van der Waals surface area contributed by atoms with Gasteiger partial charge in [-0.05, 0) is 79.6 Å². The lowest BCUT2D eigenvalue weighted by Gasteiger charge is -2.12. The Hall–Kier alpha value is -4.90. The summed E-state index contributed by atoms with van der Waals surface area (Å²) in [6.07, 6.45) is 1.72. The van der Waals surface area contributed by atoms with Crippen LogP contribution in [-0.2, 0) is 9.59 Å². The topological polar surface area (TPSA) is 104 Å². The molecule has 0 saturated carbocycles. The number of hydrogen-bond donors (Lipinski definition) is 1. The number of nitriles is 1. The summed E-state index contributed by atoms with van der Waals surface area (Å²) in [7, 11) is 1.51. The number of carbonyl (C=O) groups is 2. The number of nitrogens with one attached hydrogen (secondary N) is 1. The van der Waals surface area contributed by atoms with Crippen LogP contribution in [0.3, 0.4) is 0 Å². The van der Waals surface area contributed by atoms with Crippen LogP contribution in [0.2, 0.25) is 0 Å². The SMILES string of the molecule is COc1cc(C=C2C(=O)N(c3ccc(C#N)cc3)N=C2C)ccc1OCC(=O)Nc1cccc(C)c1. The van der Waals surface area contributed by atoms with Gasteiger partial charge in [0.25, 0.3) is 11.8 Å². The molecule has 0 radical (unpaired) electrons. The van der Waals surface area contributed by atoms with Gasteiger partial charge in [0.15, 0.2) is 18.1 Å². The van der Waals surface area contributed by atoms with Gasteiger partial charge < -0.3 is 14.8 Å². The number of hydrazone groups is 1. The first-order chi connectivity index (χ1) is 17.4. The highest BCUT2D eigenvalue weighted by Gasteiger charge is 2.28. The molecule has 3 aromatic carbocycles. The Balaban J connectivity index is 1.46. The van der Waals surface area contributed by atoms with Crippen LogP contribution < -0.4 is 19.8 Å². The lowest BCUT2D eigenvalue weighted by atomic mass is 10.1. The van der Waals surface area contributed by atoms with Crippen molar-refractivity contribution < 1.29 is 19.1 Å². The van der Waals surface area contributed by atoms with Crippen LogP contribution in [0.15, 0.2) is 77.4 Å². The molecule has 1 aliphatic heterocycles. The van der Waals surface area contributed by atoms with Gasteiger partial charge in [-0.1, -0.05) is 18.2 Å². The standard InChI is InChI=1S/C28H24N4O4/c1-18-5-4-6-22(13-18)30-27(33)17-36-25-12-9-21(15-26(25)35-3)14-24-19(2)31-32(28(24)34)23-10-7-20(16-29)8-11-23/h4-15H,17H2,1-3H3,(H,30,33). The molecule has 180 valence electrons. The highest BCUT2D eigenvalue weighted by molar-refractivity contribution is 6.32. The molecule has 8 heteroatoms. The van der Waals surface area contributed by atoms with Crippen LogP contribution in [0.25, 0.3) is 6.08 Å². The second kappa shape index (κ2) is 10.6. The summed E-state index contributed by atoms with van der Waals surface area (Å²) in [6, 6.07) is 21.4. The number of anilines is 2. The Labute approximate surface area is 209 Å². The fourth-order valence-electron chi connectivity index (χ4n) is 3.66. The second-order valence-corrected chi connectivity index (χ2v) is 8.14. The molecular formula is C28H24N4O4. The quantitative estimate of drug-likeness (QED) is 0.494. The Morgan fingerprint density at radius 3 is 2.56 bits per heavy atom. The molecule has 0 bridgehead atoms. The van der Waals surface area contributed by atoms with Gasteiger partial charge in [0.1, 0.15) is 0 Å². The fourth-order valence-corrected chi connectivity index (χ4v) is 3.66. The summed E-state index contributed by atoms with van der Waals surface area (Å²) < 4.78 is 11.1. The zero-order valence-corrected chi connectivity index (χ0v) is 20.1. The molecule has 8 nitrogen and oxygen atoms in total. The number of aryl methyl sites for hydroxylation is 1. The van der Waals surface area contributed by atoms with E-state index in [4.69, 9.17) is 14.7 Å². The van der Waals surface area contributed by atoms with Gasteiger partial charge in [-0.25, -0.2) is 0 Å². The molecular weight excluding hydrogens is 456 g/mol. The number of amides is 2. The van der Waals surface area contributed by atoms with E-state index >= 15 is 0 Å².